The Bertz CT molecular complexity index is 1340. The second-order valence-corrected chi connectivity index (χ2v) is 8.78. The molecular formula is C26H25N3O2. The summed E-state index contributed by atoms with van der Waals surface area (Å²) >= 11 is 0. The van der Waals surface area contributed by atoms with Crippen LogP contribution in [0.1, 0.15) is 52.7 Å². The minimum absolute atomic E-state index is 0.00622. The second kappa shape index (κ2) is 6.84. The third kappa shape index (κ3) is 2.99. The Balaban J connectivity index is 1.49. The summed E-state index contributed by atoms with van der Waals surface area (Å²) in [7, 11) is 1.99. The maximum atomic E-state index is 13.1. The SMILES string of the molecule is Cc1nc2c3c(c(C(=O)NC4CC4)cc2n1C)CC[C@@H](c1cccc2ccccc12)O3. The summed E-state index contributed by atoms with van der Waals surface area (Å²) < 4.78 is 8.70. The van der Waals surface area contributed by atoms with Crippen LogP contribution >= 0.6 is 0 Å². The van der Waals surface area contributed by atoms with Gasteiger partial charge < -0.3 is 14.6 Å². The Morgan fingerprint density at radius 2 is 1.94 bits per heavy atom. The smallest absolute Gasteiger partial charge is 0.251 e. The van der Waals surface area contributed by atoms with Crippen LogP contribution in [-0.2, 0) is 13.5 Å². The number of nitrogens with one attached hydrogen (secondary N) is 1. The number of fused-ring (bicyclic) bond motifs is 4. The van der Waals surface area contributed by atoms with Crippen molar-refractivity contribution < 1.29 is 9.53 Å². The fourth-order valence-electron chi connectivity index (χ4n) is 4.74. The van der Waals surface area contributed by atoms with Crippen LogP contribution in [0.2, 0.25) is 0 Å². The third-order valence-corrected chi connectivity index (χ3v) is 6.70. The predicted molar refractivity (Wildman–Crippen MR) is 122 cm³/mol. The van der Waals surface area contributed by atoms with Gasteiger partial charge in [0.25, 0.3) is 5.91 Å². The Morgan fingerprint density at radius 1 is 1.13 bits per heavy atom. The second-order valence-electron chi connectivity index (χ2n) is 8.78. The topological polar surface area (TPSA) is 56.2 Å². The molecule has 6 rings (SSSR count). The molecule has 0 bridgehead atoms. The molecule has 3 aromatic carbocycles. The Hall–Kier alpha value is -3.34. The van der Waals surface area contributed by atoms with Gasteiger partial charge in [0.2, 0.25) is 0 Å². The molecule has 2 heterocycles. The van der Waals surface area contributed by atoms with E-state index in [4.69, 9.17) is 9.72 Å². The van der Waals surface area contributed by atoms with Crippen molar-refractivity contribution in [2.24, 2.45) is 7.05 Å². The van der Waals surface area contributed by atoms with E-state index in [-0.39, 0.29) is 12.0 Å². The number of rotatable bonds is 3. The van der Waals surface area contributed by atoms with Crippen molar-refractivity contribution in [3.8, 4) is 5.75 Å². The summed E-state index contributed by atoms with van der Waals surface area (Å²) in [5.74, 6) is 1.69. The molecule has 5 nitrogen and oxygen atoms in total. The van der Waals surface area contributed by atoms with E-state index in [2.05, 4.69) is 47.8 Å². The lowest BCUT2D eigenvalue weighted by Crippen LogP contribution is -2.28. The van der Waals surface area contributed by atoms with E-state index in [0.717, 1.165) is 59.4 Å². The molecule has 1 aliphatic heterocycles. The number of amides is 1. The Morgan fingerprint density at radius 3 is 2.77 bits per heavy atom. The van der Waals surface area contributed by atoms with E-state index in [1.807, 2.05) is 24.6 Å². The molecular weight excluding hydrogens is 386 g/mol. The lowest BCUT2D eigenvalue weighted by atomic mass is 9.91. The van der Waals surface area contributed by atoms with Gasteiger partial charge in [-0.1, -0.05) is 42.5 Å². The highest BCUT2D eigenvalue weighted by atomic mass is 16.5. The lowest BCUT2D eigenvalue weighted by Gasteiger charge is -2.29. The molecule has 0 radical (unpaired) electrons. The molecule has 4 aromatic rings. The molecule has 1 N–H and O–H groups in total. The molecule has 1 amide bonds. The van der Waals surface area contributed by atoms with E-state index < -0.39 is 0 Å². The first-order chi connectivity index (χ1) is 15.1. The minimum Gasteiger partial charge on any atom is -0.483 e. The number of aryl methyl sites for hydroxylation is 2. The molecule has 1 fully saturated rings. The minimum atomic E-state index is -0.0640. The number of benzene rings is 3. The largest absolute Gasteiger partial charge is 0.483 e. The summed E-state index contributed by atoms with van der Waals surface area (Å²) in [5.41, 5.74) is 4.70. The Labute approximate surface area is 181 Å². The first-order valence-electron chi connectivity index (χ1n) is 11.0. The fraction of sp³-hybridized carbons (Fsp3) is 0.308. The van der Waals surface area contributed by atoms with Gasteiger partial charge in [-0.2, -0.15) is 0 Å². The lowest BCUT2D eigenvalue weighted by molar-refractivity contribution is 0.0947. The van der Waals surface area contributed by atoms with E-state index >= 15 is 0 Å². The van der Waals surface area contributed by atoms with E-state index in [1.54, 1.807) is 0 Å². The predicted octanol–water partition coefficient (Wildman–Crippen LogP) is 4.99. The van der Waals surface area contributed by atoms with Gasteiger partial charge in [-0.15, -0.1) is 0 Å². The van der Waals surface area contributed by atoms with E-state index in [9.17, 15) is 4.79 Å². The molecule has 1 aromatic heterocycles. The fourth-order valence-corrected chi connectivity index (χ4v) is 4.74. The van der Waals surface area contributed by atoms with Gasteiger partial charge in [-0.25, -0.2) is 4.98 Å². The standard InChI is InChI=1S/C26H25N3O2/c1-15-27-24-22(29(15)2)14-21(26(30)28-17-10-11-17)20-12-13-23(31-25(20)24)19-9-5-7-16-6-3-4-8-18(16)19/h3-9,14,17,23H,10-13H2,1-2H3,(H,28,30)/t23-/m0/s1. The van der Waals surface area contributed by atoms with Gasteiger partial charge in [0, 0.05) is 29.8 Å². The van der Waals surface area contributed by atoms with Crippen LogP contribution < -0.4 is 10.1 Å². The monoisotopic (exact) mass is 411 g/mol. The van der Waals surface area contributed by atoms with Crippen molar-refractivity contribution >= 4 is 27.7 Å². The van der Waals surface area contributed by atoms with Crippen LogP contribution in [-0.4, -0.2) is 21.5 Å². The van der Waals surface area contributed by atoms with Crippen LogP contribution in [0.15, 0.2) is 48.5 Å². The quantitative estimate of drug-likeness (QED) is 0.517. The van der Waals surface area contributed by atoms with Crippen molar-refractivity contribution in [2.75, 3.05) is 0 Å². The number of hydrogen-bond donors (Lipinski definition) is 1. The number of ether oxygens (including phenoxy) is 1. The number of nitrogens with zero attached hydrogens (tertiary/aromatic N) is 2. The number of hydrogen-bond acceptors (Lipinski definition) is 3. The summed E-state index contributed by atoms with van der Waals surface area (Å²) in [5, 5.41) is 5.59. The van der Waals surface area contributed by atoms with Crippen LogP contribution in [0.3, 0.4) is 0 Å². The van der Waals surface area contributed by atoms with Crippen LogP contribution in [0.25, 0.3) is 21.8 Å². The summed E-state index contributed by atoms with van der Waals surface area (Å²) in [6.45, 7) is 1.99. The highest BCUT2D eigenvalue weighted by Crippen LogP contribution is 2.43. The molecule has 31 heavy (non-hydrogen) atoms. The summed E-state index contributed by atoms with van der Waals surface area (Å²) in [6, 6.07) is 17.1. The zero-order chi connectivity index (χ0) is 21.1. The molecule has 0 spiro atoms. The highest BCUT2D eigenvalue weighted by Gasteiger charge is 2.32. The Kier molecular flexibility index (Phi) is 4.07. The zero-order valence-corrected chi connectivity index (χ0v) is 17.8. The summed E-state index contributed by atoms with van der Waals surface area (Å²) in [6.07, 6.45) is 3.71. The number of imidazole rings is 1. The zero-order valence-electron chi connectivity index (χ0n) is 17.8. The first kappa shape index (κ1) is 18.4. The van der Waals surface area contributed by atoms with Crippen molar-refractivity contribution in [3.63, 3.8) is 0 Å². The van der Waals surface area contributed by atoms with Gasteiger partial charge in [-0.05, 0) is 49.4 Å². The normalized spacial score (nSPS) is 18.1. The molecule has 0 saturated heterocycles. The molecule has 1 atom stereocenters. The number of aromatic nitrogens is 2. The molecule has 5 heteroatoms. The van der Waals surface area contributed by atoms with E-state index in [1.165, 1.54) is 16.3 Å². The van der Waals surface area contributed by atoms with Crippen molar-refractivity contribution in [2.45, 2.75) is 44.8 Å². The third-order valence-electron chi connectivity index (χ3n) is 6.70. The molecule has 156 valence electrons. The van der Waals surface area contributed by atoms with Gasteiger partial charge in [0.05, 0.1) is 5.52 Å². The average Bonchev–Trinajstić information content (AvgIpc) is 3.56. The molecule has 0 unspecified atom stereocenters. The van der Waals surface area contributed by atoms with Crippen molar-refractivity contribution in [3.05, 3.63) is 71.0 Å². The van der Waals surface area contributed by atoms with Crippen LogP contribution in [0.4, 0.5) is 0 Å². The van der Waals surface area contributed by atoms with Crippen LogP contribution in [0.5, 0.6) is 5.75 Å². The van der Waals surface area contributed by atoms with Crippen molar-refractivity contribution in [1.82, 2.24) is 14.9 Å². The number of carbonyl (C=O) groups excluding carboxylic acids is 1. The first-order valence-corrected chi connectivity index (χ1v) is 11.0. The highest BCUT2D eigenvalue weighted by molar-refractivity contribution is 6.02. The van der Waals surface area contributed by atoms with Gasteiger partial charge in [-0.3, -0.25) is 4.79 Å². The molecule has 1 aliphatic carbocycles. The van der Waals surface area contributed by atoms with Crippen molar-refractivity contribution in [1.29, 1.82) is 0 Å². The maximum Gasteiger partial charge on any atom is 0.251 e. The van der Waals surface area contributed by atoms with Crippen LogP contribution in [0, 0.1) is 6.92 Å². The van der Waals surface area contributed by atoms with Gasteiger partial charge >= 0.3 is 0 Å². The molecule has 2 aliphatic rings. The van der Waals surface area contributed by atoms with Gasteiger partial charge in [0.1, 0.15) is 17.4 Å². The van der Waals surface area contributed by atoms with E-state index in [0.29, 0.717) is 6.04 Å². The number of carbonyl (C=O) groups is 1. The average molecular weight is 412 g/mol. The summed E-state index contributed by atoms with van der Waals surface area (Å²) in [4.78, 5) is 17.9. The molecule has 1 saturated carbocycles. The maximum absolute atomic E-state index is 13.1. The van der Waals surface area contributed by atoms with Gasteiger partial charge in [0.15, 0.2) is 5.75 Å².